The molecular formula is C17H18FNO4. The van der Waals surface area contributed by atoms with E-state index in [1.54, 1.807) is 25.3 Å². The first-order chi connectivity index (χ1) is 11.1. The SMILES string of the molecule is COc1cc(OC)c(CNC(=O)c2cccc(F)c2)c(OC)c1. The van der Waals surface area contributed by atoms with Crippen molar-refractivity contribution in [3.05, 3.63) is 53.3 Å². The zero-order valence-electron chi connectivity index (χ0n) is 13.2. The molecule has 5 nitrogen and oxygen atoms in total. The monoisotopic (exact) mass is 319 g/mol. The molecule has 0 bridgehead atoms. The van der Waals surface area contributed by atoms with Crippen LogP contribution in [0.25, 0.3) is 0 Å². The van der Waals surface area contributed by atoms with Gasteiger partial charge in [0.05, 0.1) is 33.4 Å². The van der Waals surface area contributed by atoms with Gasteiger partial charge in [-0.15, -0.1) is 0 Å². The molecule has 0 saturated heterocycles. The first kappa shape index (κ1) is 16.6. The Morgan fingerprint density at radius 3 is 2.22 bits per heavy atom. The molecule has 0 atom stereocenters. The second kappa shape index (κ2) is 7.49. The van der Waals surface area contributed by atoms with Crippen LogP contribution in [0, 0.1) is 5.82 Å². The topological polar surface area (TPSA) is 56.8 Å². The molecule has 122 valence electrons. The second-order valence-electron chi connectivity index (χ2n) is 4.70. The van der Waals surface area contributed by atoms with Crippen LogP contribution in [0.1, 0.15) is 15.9 Å². The molecule has 0 fully saturated rings. The van der Waals surface area contributed by atoms with E-state index >= 15 is 0 Å². The molecule has 0 saturated carbocycles. The van der Waals surface area contributed by atoms with Crippen LogP contribution >= 0.6 is 0 Å². The minimum atomic E-state index is -0.461. The first-order valence-corrected chi connectivity index (χ1v) is 6.91. The van der Waals surface area contributed by atoms with Crippen LogP contribution in [0.2, 0.25) is 0 Å². The molecule has 6 heteroatoms. The van der Waals surface area contributed by atoms with Crippen molar-refractivity contribution in [1.82, 2.24) is 5.32 Å². The van der Waals surface area contributed by atoms with E-state index in [9.17, 15) is 9.18 Å². The molecule has 0 aromatic heterocycles. The molecule has 2 aromatic carbocycles. The molecule has 0 heterocycles. The largest absolute Gasteiger partial charge is 0.496 e. The number of methoxy groups -OCH3 is 3. The molecule has 23 heavy (non-hydrogen) atoms. The van der Waals surface area contributed by atoms with Crippen molar-refractivity contribution in [2.45, 2.75) is 6.54 Å². The number of carbonyl (C=O) groups is 1. The van der Waals surface area contributed by atoms with E-state index in [2.05, 4.69) is 5.32 Å². The van der Waals surface area contributed by atoms with Gasteiger partial charge in [-0.25, -0.2) is 4.39 Å². The maximum Gasteiger partial charge on any atom is 0.251 e. The number of hydrogen-bond donors (Lipinski definition) is 1. The molecule has 0 aliphatic heterocycles. The van der Waals surface area contributed by atoms with Gasteiger partial charge in [-0.3, -0.25) is 4.79 Å². The average molecular weight is 319 g/mol. The van der Waals surface area contributed by atoms with Gasteiger partial charge in [0.2, 0.25) is 0 Å². The molecule has 0 radical (unpaired) electrons. The summed E-state index contributed by atoms with van der Waals surface area (Å²) in [6.07, 6.45) is 0. The summed E-state index contributed by atoms with van der Waals surface area (Å²) in [6, 6.07) is 8.89. The van der Waals surface area contributed by atoms with Crippen LogP contribution in [0.5, 0.6) is 17.2 Å². The number of amides is 1. The van der Waals surface area contributed by atoms with Crippen molar-refractivity contribution < 1.29 is 23.4 Å². The summed E-state index contributed by atoms with van der Waals surface area (Å²) in [5, 5.41) is 2.72. The smallest absolute Gasteiger partial charge is 0.251 e. The van der Waals surface area contributed by atoms with E-state index in [1.165, 1.54) is 32.4 Å². The highest BCUT2D eigenvalue weighted by atomic mass is 19.1. The fraction of sp³-hybridized carbons (Fsp3) is 0.235. The zero-order chi connectivity index (χ0) is 16.8. The van der Waals surface area contributed by atoms with Crippen LogP contribution < -0.4 is 19.5 Å². The van der Waals surface area contributed by atoms with Gasteiger partial charge in [-0.2, -0.15) is 0 Å². The van der Waals surface area contributed by atoms with Crippen LogP contribution in [-0.4, -0.2) is 27.2 Å². The second-order valence-corrected chi connectivity index (χ2v) is 4.70. The van der Waals surface area contributed by atoms with Crippen LogP contribution in [0.4, 0.5) is 4.39 Å². The molecule has 2 aromatic rings. The van der Waals surface area contributed by atoms with Crippen LogP contribution in [0.15, 0.2) is 36.4 Å². The third kappa shape index (κ3) is 3.91. The maximum absolute atomic E-state index is 13.2. The third-order valence-electron chi connectivity index (χ3n) is 3.33. The molecule has 2 rings (SSSR count). The summed E-state index contributed by atoms with van der Waals surface area (Å²) < 4.78 is 29.0. The zero-order valence-corrected chi connectivity index (χ0v) is 13.2. The predicted octanol–water partition coefficient (Wildman–Crippen LogP) is 2.78. The Bertz CT molecular complexity index is 678. The lowest BCUT2D eigenvalue weighted by Crippen LogP contribution is -2.23. The van der Waals surface area contributed by atoms with E-state index in [-0.39, 0.29) is 18.0 Å². The van der Waals surface area contributed by atoms with Gasteiger partial charge in [0.25, 0.3) is 5.91 Å². The fourth-order valence-electron chi connectivity index (χ4n) is 2.15. The summed E-state index contributed by atoms with van der Waals surface area (Å²) in [6.45, 7) is 0.172. The number of carbonyl (C=O) groups excluding carboxylic acids is 1. The summed E-state index contributed by atoms with van der Waals surface area (Å²) in [5.41, 5.74) is 0.914. The quantitative estimate of drug-likeness (QED) is 0.889. The van der Waals surface area contributed by atoms with Gasteiger partial charge in [0.1, 0.15) is 23.1 Å². The van der Waals surface area contributed by atoms with Crippen LogP contribution in [-0.2, 0) is 6.54 Å². The fourth-order valence-corrected chi connectivity index (χ4v) is 2.15. The Morgan fingerprint density at radius 1 is 1.04 bits per heavy atom. The molecule has 0 spiro atoms. The normalized spacial score (nSPS) is 10.1. The molecule has 0 aliphatic carbocycles. The summed E-state index contributed by atoms with van der Waals surface area (Å²) in [4.78, 5) is 12.1. The van der Waals surface area contributed by atoms with E-state index in [4.69, 9.17) is 14.2 Å². The minimum absolute atomic E-state index is 0.172. The molecule has 1 amide bonds. The van der Waals surface area contributed by atoms with Gasteiger partial charge in [-0.1, -0.05) is 6.07 Å². The number of benzene rings is 2. The number of halogens is 1. The van der Waals surface area contributed by atoms with Gasteiger partial charge in [-0.05, 0) is 18.2 Å². The molecular weight excluding hydrogens is 301 g/mol. The lowest BCUT2D eigenvalue weighted by Gasteiger charge is -2.15. The van der Waals surface area contributed by atoms with Crippen molar-refractivity contribution in [1.29, 1.82) is 0 Å². The predicted molar refractivity (Wildman–Crippen MR) is 83.7 cm³/mol. The number of hydrogen-bond acceptors (Lipinski definition) is 4. The Balaban J connectivity index is 2.21. The maximum atomic E-state index is 13.2. The van der Waals surface area contributed by atoms with Crippen molar-refractivity contribution in [2.24, 2.45) is 0 Å². The lowest BCUT2D eigenvalue weighted by atomic mass is 10.1. The lowest BCUT2D eigenvalue weighted by molar-refractivity contribution is 0.0950. The van der Waals surface area contributed by atoms with Gasteiger partial charge >= 0.3 is 0 Å². The van der Waals surface area contributed by atoms with Crippen molar-refractivity contribution in [3.63, 3.8) is 0 Å². The third-order valence-corrected chi connectivity index (χ3v) is 3.33. The van der Waals surface area contributed by atoms with Crippen molar-refractivity contribution >= 4 is 5.91 Å². The molecule has 0 unspecified atom stereocenters. The molecule has 0 aliphatic rings. The Labute approximate surface area is 134 Å². The highest BCUT2D eigenvalue weighted by molar-refractivity contribution is 5.94. The van der Waals surface area contributed by atoms with Gasteiger partial charge < -0.3 is 19.5 Å². The number of nitrogens with one attached hydrogen (secondary N) is 1. The average Bonchev–Trinajstić information content (AvgIpc) is 2.58. The van der Waals surface area contributed by atoms with Crippen molar-refractivity contribution in [3.8, 4) is 17.2 Å². The Kier molecular flexibility index (Phi) is 5.41. The summed E-state index contributed by atoms with van der Waals surface area (Å²) in [7, 11) is 4.58. The minimum Gasteiger partial charge on any atom is -0.496 e. The van der Waals surface area contributed by atoms with Gasteiger partial charge in [0, 0.05) is 17.7 Å². The van der Waals surface area contributed by atoms with Crippen molar-refractivity contribution in [2.75, 3.05) is 21.3 Å². The highest BCUT2D eigenvalue weighted by Gasteiger charge is 2.15. The highest BCUT2D eigenvalue weighted by Crippen LogP contribution is 2.33. The van der Waals surface area contributed by atoms with E-state index in [0.717, 1.165) is 0 Å². The first-order valence-electron chi connectivity index (χ1n) is 6.91. The Morgan fingerprint density at radius 2 is 1.70 bits per heavy atom. The number of rotatable bonds is 6. The summed E-state index contributed by atoms with van der Waals surface area (Å²) in [5.74, 6) is 0.794. The van der Waals surface area contributed by atoms with E-state index in [1.807, 2.05) is 0 Å². The van der Waals surface area contributed by atoms with Gasteiger partial charge in [0.15, 0.2) is 0 Å². The Hall–Kier alpha value is -2.76. The number of ether oxygens (including phenoxy) is 3. The summed E-state index contributed by atoms with van der Waals surface area (Å²) >= 11 is 0. The van der Waals surface area contributed by atoms with E-state index < -0.39 is 5.82 Å². The standard InChI is InChI=1S/C17H18FNO4/c1-21-13-8-15(22-2)14(16(9-13)23-3)10-19-17(20)11-5-4-6-12(18)7-11/h4-9H,10H2,1-3H3,(H,19,20). The molecule has 1 N–H and O–H groups in total. The van der Waals surface area contributed by atoms with Crippen LogP contribution in [0.3, 0.4) is 0 Å². The van der Waals surface area contributed by atoms with E-state index in [0.29, 0.717) is 22.8 Å².